The maximum absolute atomic E-state index is 13.0. The summed E-state index contributed by atoms with van der Waals surface area (Å²) in [6.07, 6.45) is 0. The van der Waals surface area contributed by atoms with Crippen molar-refractivity contribution in [3.8, 4) is 0 Å². The first-order chi connectivity index (χ1) is 7.60. The number of nitrogens with zero attached hydrogens (tertiary/aromatic N) is 1. The van der Waals surface area contributed by atoms with Gasteiger partial charge in [-0.3, -0.25) is 4.79 Å². The molecule has 5 heteroatoms. The Balaban J connectivity index is 2.90. The van der Waals surface area contributed by atoms with Gasteiger partial charge in [-0.25, -0.2) is 4.39 Å². The van der Waals surface area contributed by atoms with Gasteiger partial charge in [-0.2, -0.15) is 0 Å². The van der Waals surface area contributed by atoms with E-state index in [1.807, 2.05) is 29.5 Å². The van der Waals surface area contributed by atoms with Crippen molar-refractivity contribution in [1.82, 2.24) is 4.90 Å². The highest BCUT2D eigenvalue weighted by molar-refractivity contribution is 14.1. The van der Waals surface area contributed by atoms with Crippen molar-refractivity contribution in [2.24, 2.45) is 0 Å². The predicted octanol–water partition coefficient (Wildman–Crippen LogP) is 1.88. The summed E-state index contributed by atoms with van der Waals surface area (Å²) in [7, 11) is 0. The molecule has 1 aromatic rings. The smallest absolute Gasteiger partial charge is 0.253 e. The van der Waals surface area contributed by atoms with Gasteiger partial charge in [0, 0.05) is 22.2 Å². The number of carbonyl (C=O) groups excluding carboxylic acids is 1. The third-order valence-electron chi connectivity index (χ3n) is 2.21. The van der Waals surface area contributed by atoms with Gasteiger partial charge in [-0.05, 0) is 47.7 Å². The van der Waals surface area contributed by atoms with Crippen LogP contribution in [-0.4, -0.2) is 35.6 Å². The zero-order chi connectivity index (χ0) is 12.1. The van der Waals surface area contributed by atoms with E-state index in [4.69, 9.17) is 5.11 Å². The standard InChI is InChI=1S/C11H13FINO2/c1-2-14(5-6-15)11(16)8-3-4-9(12)10(13)7-8/h3-4,7,15H,2,5-6H2,1H3. The molecule has 1 aromatic carbocycles. The van der Waals surface area contributed by atoms with Crippen LogP contribution in [0, 0.1) is 9.39 Å². The molecule has 0 radical (unpaired) electrons. The van der Waals surface area contributed by atoms with Crippen molar-refractivity contribution in [2.45, 2.75) is 6.92 Å². The number of likely N-dealkylation sites (N-methyl/N-ethyl adjacent to an activating group) is 1. The summed E-state index contributed by atoms with van der Waals surface area (Å²) in [6.45, 7) is 2.58. The summed E-state index contributed by atoms with van der Waals surface area (Å²) >= 11 is 1.85. The third kappa shape index (κ3) is 3.15. The second-order valence-electron chi connectivity index (χ2n) is 3.24. The molecule has 0 fully saturated rings. The number of aliphatic hydroxyl groups is 1. The average Bonchev–Trinajstić information content (AvgIpc) is 2.28. The summed E-state index contributed by atoms with van der Waals surface area (Å²) in [5.74, 6) is -0.517. The second-order valence-corrected chi connectivity index (χ2v) is 4.40. The van der Waals surface area contributed by atoms with Crippen LogP contribution >= 0.6 is 22.6 Å². The Morgan fingerprint density at radius 1 is 1.56 bits per heavy atom. The van der Waals surface area contributed by atoms with Gasteiger partial charge >= 0.3 is 0 Å². The van der Waals surface area contributed by atoms with Crippen molar-refractivity contribution in [3.05, 3.63) is 33.1 Å². The molecule has 0 bridgehead atoms. The van der Waals surface area contributed by atoms with E-state index in [2.05, 4.69) is 0 Å². The van der Waals surface area contributed by atoms with Crippen molar-refractivity contribution in [2.75, 3.05) is 19.7 Å². The highest BCUT2D eigenvalue weighted by Crippen LogP contribution is 2.14. The summed E-state index contributed by atoms with van der Waals surface area (Å²) in [4.78, 5) is 13.4. The number of benzene rings is 1. The normalized spacial score (nSPS) is 10.2. The van der Waals surface area contributed by atoms with E-state index >= 15 is 0 Å². The molecule has 0 aliphatic carbocycles. The van der Waals surface area contributed by atoms with E-state index in [9.17, 15) is 9.18 Å². The first-order valence-electron chi connectivity index (χ1n) is 4.95. The molecular weight excluding hydrogens is 324 g/mol. The summed E-state index contributed by atoms with van der Waals surface area (Å²) in [6, 6.07) is 4.25. The number of hydrogen-bond donors (Lipinski definition) is 1. The van der Waals surface area contributed by atoms with Gasteiger partial charge in [0.2, 0.25) is 0 Å². The van der Waals surface area contributed by atoms with Crippen LogP contribution in [0.5, 0.6) is 0 Å². The van der Waals surface area contributed by atoms with Crippen LogP contribution in [-0.2, 0) is 0 Å². The maximum atomic E-state index is 13.0. The molecule has 0 spiro atoms. The number of amides is 1. The van der Waals surface area contributed by atoms with Crippen LogP contribution in [0.15, 0.2) is 18.2 Å². The molecule has 0 atom stereocenters. The number of carbonyl (C=O) groups is 1. The van der Waals surface area contributed by atoms with Crippen LogP contribution in [0.4, 0.5) is 4.39 Å². The Morgan fingerprint density at radius 2 is 2.25 bits per heavy atom. The van der Waals surface area contributed by atoms with Crippen LogP contribution in [0.25, 0.3) is 0 Å². The van der Waals surface area contributed by atoms with E-state index in [1.54, 1.807) is 0 Å². The molecule has 0 aromatic heterocycles. The van der Waals surface area contributed by atoms with Gasteiger partial charge in [-0.1, -0.05) is 0 Å². The van der Waals surface area contributed by atoms with E-state index < -0.39 is 0 Å². The minimum Gasteiger partial charge on any atom is -0.395 e. The number of rotatable bonds is 4. The SMILES string of the molecule is CCN(CCO)C(=O)c1ccc(F)c(I)c1. The van der Waals surface area contributed by atoms with Crippen molar-refractivity contribution in [1.29, 1.82) is 0 Å². The molecule has 1 rings (SSSR count). The van der Waals surface area contributed by atoms with Gasteiger partial charge in [0.1, 0.15) is 5.82 Å². The van der Waals surface area contributed by atoms with E-state index in [1.165, 1.54) is 23.1 Å². The molecular formula is C11H13FINO2. The minimum absolute atomic E-state index is 0.0716. The topological polar surface area (TPSA) is 40.5 Å². The highest BCUT2D eigenvalue weighted by atomic mass is 127. The number of aliphatic hydroxyl groups excluding tert-OH is 1. The van der Waals surface area contributed by atoms with Crippen molar-refractivity contribution in [3.63, 3.8) is 0 Å². The molecule has 1 N–H and O–H groups in total. The molecule has 0 aliphatic rings. The Labute approximate surface area is 107 Å². The monoisotopic (exact) mass is 337 g/mol. The van der Waals surface area contributed by atoms with Crippen LogP contribution in [0.2, 0.25) is 0 Å². The Hall–Kier alpha value is -0.690. The molecule has 0 aliphatic heterocycles. The van der Waals surface area contributed by atoms with E-state index in [0.717, 1.165) is 0 Å². The van der Waals surface area contributed by atoms with E-state index in [0.29, 0.717) is 22.2 Å². The lowest BCUT2D eigenvalue weighted by molar-refractivity contribution is 0.0732. The summed E-state index contributed by atoms with van der Waals surface area (Å²) in [5, 5.41) is 8.81. The Kier molecular flexibility index (Phi) is 5.14. The lowest BCUT2D eigenvalue weighted by Crippen LogP contribution is -2.33. The predicted molar refractivity (Wildman–Crippen MR) is 67.8 cm³/mol. The fourth-order valence-corrected chi connectivity index (χ4v) is 1.85. The quantitative estimate of drug-likeness (QED) is 0.853. The zero-order valence-electron chi connectivity index (χ0n) is 8.91. The highest BCUT2D eigenvalue weighted by Gasteiger charge is 2.14. The molecule has 0 saturated heterocycles. The van der Waals surface area contributed by atoms with Gasteiger partial charge in [0.25, 0.3) is 5.91 Å². The zero-order valence-corrected chi connectivity index (χ0v) is 11.1. The molecule has 0 heterocycles. The lowest BCUT2D eigenvalue weighted by atomic mass is 10.2. The Morgan fingerprint density at radius 3 is 2.75 bits per heavy atom. The van der Waals surface area contributed by atoms with Gasteiger partial charge < -0.3 is 10.0 Å². The van der Waals surface area contributed by atoms with E-state index in [-0.39, 0.29) is 18.3 Å². The number of hydrogen-bond acceptors (Lipinski definition) is 2. The van der Waals surface area contributed by atoms with Gasteiger partial charge in [0.05, 0.1) is 6.61 Å². The third-order valence-corrected chi connectivity index (χ3v) is 3.03. The molecule has 0 saturated carbocycles. The van der Waals surface area contributed by atoms with Gasteiger partial charge in [0.15, 0.2) is 0 Å². The first-order valence-corrected chi connectivity index (χ1v) is 6.03. The average molecular weight is 337 g/mol. The molecule has 0 unspecified atom stereocenters. The molecule has 16 heavy (non-hydrogen) atoms. The summed E-state index contributed by atoms with van der Waals surface area (Å²) < 4.78 is 13.4. The number of halogens is 2. The van der Waals surface area contributed by atoms with Crippen LogP contribution < -0.4 is 0 Å². The molecule has 1 amide bonds. The van der Waals surface area contributed by atoms with Crippen molar-refractivity contribution < 1.29 is 14.3 Å². The molecule has 3 nitrogen and oxygen atoms in total. The van der Waals surface area contributed by atoms with Crippen molar-refractivity contribution >= 4 is 28.5 Å². The maximum Gasteiger partial charge on any atom is 0.253 e. The van der Waals surface area contributed by atoms with Gasteiger partial charge in [-0.15, -0.1) is 0 Å². The van der Waals surface area contributed by atoms with Crippen LogP contribution in [0.1, 0.15) is 17.3 Å². The minimum atomic E-state index is -0.331. The Bertz CT molecular complexity index is 384. The second kappa shape index (κ2) is 6.15. The fraction of sp³-hybridized carbons (Fsp3) is 0.364. The molecule has 88 valence electrons. The first kappa shape index (κ1) is 13.4. The fourth-order valence-electron chi connectivity index (χ4n) is 1.34. The summed E-state index contributed by atoms with van der Waals surface area (Å²) in [5.41, 5.74) is 0.445. The van der Waals surface area contributed by atoms with Crippen LogP contribution in [0.3, 0.4) is 0 Å². The lowest BCUT2D eigenvalue weighted by Gasteiger charge is -2.19. The largest absolute Gasteiger partial charge is 0.395 e.